The zero-order valence-electron chi connectivity index (χ0n) is 11.3. The van der Waals surface area contributed by atoms with Crippen molar-refractivity contribution in [2.75, 3.05) is 5.32 Å². The van der Waals surface area contributed by atoms with Crippen molar-refractivity contribution < 1.29 is 4.79 Å². The zero-order valence-corrected chi connectivity index (χ0v) is 12.8. The number of benzene rings is 1. The van der Waals surface area contributed by atoms with Gasteiger partial charge >= 0.3 is 0 Å². The lowest BCUT2D eigenvalue weighted by molar-refractivity contribution is 0.101. The van der Waals surface area contributed by atoms with Gasteiger partial charge in [-0.25, -0.2) is 4.98 Å². The van der Waals surface area contributed by atoms with Crippen LogP contribution in [0.5, 0.6) is 0 Å². The molecule has 0 aliphatic rings. The van der Waals surface area contributed by atoms with Gasteiger partial charge in [0.25, 0.3) is 5.91 Å². The summed E-state index contributed by atoms with van der Waals surface area (Å²) in [5.41, 5.74) is 0.256. The minimum Gasteiger partial charge on any atom is -0.318 e. The monoisotopic (exact) mass is 312 g/mol. The van der Waals surface area contributed by atoms with Gasteiger partial charge in [-0.3, -0.25) is 9.89 Å². The van der Waals surface area contributed by atoms with E-state index in [0.29, 0.717) is 21.6 Å². The van der Waals surface area contributed by atoms with Crippen LogP contribution in [0.15, 0.2) is 18.2 Å². The number of carbonyl (C=O) groups is 1. The van der Waals surface area contributed by atoms with Crippen molar-refractivity contribution in [1.29, 1.82) is 0 Å². The normalized spacial score (nSPS) is 11.4. The first-order chi connectivity index (χ1) is 9.27. The van der Waals surface area contributed by atoms with Crippen LogP contribution >= 0.6 is 23.2 Å². The summed E-state index contributed by atoms with van der Waals surface area (Å²) in [4.78, 5) is 16.2. The second kappa shape index (κ2) is 5.42. The summed E-state index contributed by atoms with van der Waals surface area (Å²) in [5, 5.41) is 10.2. The van der Waals surface area contributed by atoms with Gasteiger partial charge in [-0.2, -0.15) is 0 Å². The molecule has 7 heteroatoms. The van der Waals surface area contributed by atoms with E-state index in [0.717, 1.165) is 0 Å². The van der Waals surface area contributed by atoms with Crippen LogP contribution in [0.3, 0.4) is 0 Å². The number of nitrogens with zero attached hydrogens (tertiary/aromatic N) is 2. The number of hydrogen-bond donors (Lipinski definition) is 2. The van der Waals surface area contributed by atoms with Crippen molar-refractivity contribution in [2.24, 2.45) is 0 Å². The largest absolute Gasteiger partial charge is 0.318 e. The predicted octanol–water partition coefficient (Wildman–Crippen LogP) is 3.66. The lowest BCUT2D eigenvalue weighted by Crippen LogP contribution is -2.16. The highest BCUT2D eigenvalue weighted by molar-refractivity contribution is 6.36. The number of hydrogen-bond acceptors (Lipinski definition) is 3. The Morgan fingerprint density at radius 3 is 2.55 bits per heavy atom. The first kappa shape index (κ1) is 14.8. The summed E-state index contributed by atoms with van der Waals surface area (Å²) in [6, 6.07) is 4.82. The van der Waals surface area contributed by atoms with E-state index in [4.69, 9.17) is 23.2 Å². The van der Waals surface area contributed by atoms with E-state index in [2.05, 4.69) is 20.5 Å². The highest BCUT2D eigenvalue weighted by atomic mass is 35.5. The Labute approximate surface area is 126 Å². The summed E-state index contributed by atoms with van der Waals surface area (Å²) >= 11 is 11.8. The number of nitrogens with one attached hydrogen (secondary N) is 2. The second-order valence-electron chi connectivity index (χ2n) is 5.34. The molecule has 0 saturated carbocycles. The zero-order chi connectivity index (χ0) is 14.9. The van der Waals surface area contributed by atoms with E-state index in [-0.39, 0.29) is 11.2 Å². The molecule has 5 nitrogen and oxygen atoms in total. The predicted molar refractivity (Wildman–Crippen MR) is 79.5 cm³/mol. The van der Waals surface area contributed by atoms with Gasteiger partial charge in [-0.05, 0) is 18.2 Å². The minimum atomic E-state index is -0.430. The molecule has 0 radical (unpaired) electrons. The van der Waals surface area contributed by atoms with E-state index in [1.54, 1.807) is 18.2 Å². The molecule has 0 bridgehead atoms. The molecule has 0 saturated heterocycles. The van der Waals surface area contributed by atoms with Gasteiger partial charge in [0.2, 0.25) is 5.82 Å². The van der Waals surface area contributed by atoms with Gasteiger partial charge in [0.1, 0.15) is 5.82 Å². The number of aromatic amines is 1. The fourth-order valence-electron chi connectivity index (χ4n) is 1.47. The third kappa shape index (κ3) is 3.29. The fraction of sp³-hybridized carbons (Fsp3) is 0.308. The molecule has 1 heterocycles. The van der Waals surface area contributed by atoms with Crippen molar-refractivity contribution in [1.82, 2.24) is 15.2 Å². The maximum absolute atomic E-state index is 12.0. The van der Waals surface area contributed by atoms with Crippen LogP contribution in [0.2, 0.25) is 10.0 Å². The minimum absolute atomic E-state index is 0.0703. The summed E-state index contributed by atoms with van der Waals surface area (Å²) < 4.78 is 0. The number of rotatable bonds is 2. The third-order valence-corrected chi connectivity index (χ3v) is 3.13. The molecule has 1 aromatic heterocycles. The molecule has 0 spiro atoms. The summed E-state index contributed by atoms with van der Waals surface area (Å²) in [7, 11) is 0. The van der Waals surface area contributed by atoms with Crippen LogP contribution in [0.25, 0.3) is 0 Å². The second-order valence-corrected chi connectivity index (χ2v) is 6.18. The van der Waals surface area contributed by atoms with Crippen LogP contribution in [0, 0.1) is 0 Å². The smallest absolute Gasteiger partial charge is 0.295 e. The maximum atomic E-state index is 12.0. The Morgan fingerprint density at radius 1 is 1.30 bits per heavy atom. The lowest BCUT2D eigenvalue weighted by Gasteiger charge is -2.12. The standard InChI is InChI=1S/C13H14Cl2N4O/c1-13(2,3)12-17-10(18-19-12)11(20)16-9-5-4-7(14)6-8(9)15/h4-6H,1-3H3,(H,16,20)(H,17,18,19). The maximum Gasteiger partial charge on any atom is 0.295 e. The Morgan fingerprint density at radius 2 is 2.00 bits per heavy atom. The van der Waals surface area contributed by atoms with Crippen LogP contribution in [-0.4, -0.2) is 21.1 Å². The molecule has 20 heavy (non-hydrogen) atoms. The molecule has 1 aromatic carbocycles. The average molecular weight is 313 g/mol. The molecule has 0 unspecified atom stereocenters. The number of anilines is 1. The van der Waals surface area contributed by atoms with E-state index in [9.17, 15) is 4.79 Å². The molecule has 0 fully saturated rings. The Kier molecular flexibility index (Phi) is 4.01. The molecule has 1 amide bonds. The number of halogens is 2. The molecule has 0 atom stereocenters. The van der Waals surface area contributed by atoms with E-state index >= 15 is 0 Å². The van der Waals surface area contributed by atoms with Crippen molar-refractivity contribution in [3.8, 4) is 0 Å². The fourth-order valence-corrected chi connectivity index (χ4v) is 1.92. The van der Waals surface area contributed by atoms with Crippen molar-refractivity contribution in [2.45, 2.75) is 26.2 Å². The van der Waals surface area contributed by atoms with Crippen LogP contribution < -0.4 is 5.32 Å². The Bertz CT molecular complexity index is 646. The molecular formula is C13H14Cl2N4O. The molecule has 2 rings (SSSR count). The van der Waals surface area contributed by atoms with Crippen molar-refractivity contribution in [3.05, 3.63) is 39.9 Å². The highest BCUT2D eigenvalue weighted by Crippen LogP contribution is 2.25. The third-order valence-electron chi connectivity index (χ3n) is 2.58. The van der Waals surface area contributed by atoms with Crippen molar-refractivity contribution >= 4 is 34.8 Å². The number of carbonyl (C=O) groups excluding carboxylic acids is 1. The Hall–Kier alpha value is -1.59. The number of aromatic nitrogens is 3. The van der Waals surface area contributed by atoms with Gasteiger partial charge in [0.05, 0.1) is 10.7 Å². The average Bonchev–Trinajstić information content (AvgIpc) is 2.82. The lowest BCUT2D eigenvalue weighted by atomic mass is 9.96. The van der Waals surface area contributed by atoms with Gasteiger partial charge in [-0.1, -0.05) is 44.0 Å². The van der Waals surface area contributed by atoms with Crippen LogP contribution in [0.1, 0.15) is 37.2 Å². The molecule has 2 N–H and O–H groups in total. The summed E-state index contributed by atoms with van der Waals surface area (Å²) in [6.45, 7) is 5.93. The van der Waals surface area contributed by atoms with Gasteiger partial charge < -0.3 is 5.32 Å². The van der Waals surface area contributed by atoms with Crippen LogP contribution in [0.4, 0.5) is 5.69 Å². The number of amides is 1. The molecule has 0 aliphatic heterocycles. The highest BCUT2D eigenvalue weighted by Gasteiger charge is 2.21. The van der Waals surface area contributed by atoms with Gasteiger partial charge in [0, 0.05) is 10.4 Å². The van der Waals surface area contributed by atoms with Crippen LogP contribution in [-0.2, 0) is 5.41 Å². The van der Waals surface area contributed by atoms with Crippen molar-refractivity contribution in [3.63, 3.8) is 0 Å². The molecule has 0 aliphatic carbocycles. The van der Waals surface area contributed by atoms with Gasteiger partial charge in [-0.15, -0.1) is 5.10 Å². The quantitative estimate of drug-likeness (QED) is 0.889. The topological polar surface area (TPSA) is 70.7 Å². The van der Waals surface area contributed by atoms with Gasteiger partial charge in [0.15, 0.2) is 0 Å². The molecular weight excluding hydrogens is 299 g/mol. The summed E-state index contributed by atoms with van der Waals surface area (Å²) in [5.74, 6) is 0.284. The molecule has 2 aromatic rings. The first-order valence-electron chi connectivity index (χ1n) is 5.96. The van der Waals surface area contributed by atoms with E-state index in [1.807, 2.05) is 20.8 Å². The Balaban J connectivity index is 2.18. The molecule has 106 valence electrons. The van der Waals surface area contributed by atoms with E-state index in [1.165, 1.54) is 0 Å². The first-order valence-corrected chi connectivity index (χ1v) is 6.72. The number of H-pyrrole nitrogens is 1. The van der Waals surface area contributed by atoms with E-state index < -0.39 is 5.91 Å². The summed E-state index contributed by atoms with van der Waals surface area (Å²) in [6.07, 6.45) is 0. The SMILES string of the molecule is CC(C)(C)c1nc(C(=O)Nc2ccc(Cl)cc2Cl)n[nH]1.